The number of unbranched alkanes of at least 4 members (excludes halogenated alkanes) is 1. The molecule has 0 aliphatic heterocycles. The highest BCUT2D eigenvalue weighted by Crippen LogP contribution is 2.30. The Hall–Kier alpha value is -2.22. The van der Waals surface area contributed by atoms with Crippen LogP contribution in [-0.4, -0.2) is 52.8 Å². The Morgan fingerprint density at radius 1 is 1.08 bits per heavy atom. The van der Waals surface area contributed by atoms with Gasteiger partial charge in [-0.25, -0.2) is 4.79 Å². The second kappa shape index (κ2) is 15.3. The Kier molecular flexibility index (Phi) is 13.5. The van der Waals surface area contributed by atoms with Crippen LogP contribution in [-0.2, 0) is 14.3 Å². The van der Waals surface area contributed by atoms with Crippen LogP contribution in [0.3, 0.4) is 0 Å². The summed E-state index contributed by atoms with van der Waals surface area (Å²) in [7, 11) is 0. The SMILES string of the molecule is CCCCNC(=O)C(c1ccc(C)cc1C)N(C(=O)C(CS)NC(=O)OC(C)(C)C)C(C)CCC(C)C. The fourth-order valence-electron chi connectivity index (χ4n) is 4.16. The van der Waals surface area contributed by atoms with E-state index in [4.69, 9.17) is 4.74 Å². The molecule has 210 valence electrons. The first-order valence-electron chi connectivity index (χ1n) is 13.5. The summed E-state index contributed by atoms with van der Waals surface area (Å²) in [6, 6.07) is 3.89. The first-order valence-corrected chi connectivity index (χ1v) is 14.1. The Morgan fingerprint density at radius 2 is 1.73 bits per heavy atom. The number of alkyl carbamates (subject to hydrolysis) is 1. The van der Waals surface area contributed by atoms with Gasteiger partial charge in [-0.05, 0) is 77.8 Å². The van der Waals surface area contributed by atoms with Crippen molar-refractivity contribution in [3.63, 3.8) is 0 Å². The van der Waals surface area contributed by atoms with Crippen LogP contribution in [0.5, 0.6) is 0 Å². The van der Waals surface area contributed by atoms with E-state index < -0.39 is 23.8 Å². The molecule has 37 heavy (non-hydrogen) atoms. The lowest BCUT2D eigenvalue weighted by Gasteiger charge is -2.39. The standard InChI is InChI=1S/C29H49N3O4S/c1-10-11-16-30-26(33)25(23-15-13-20(4)17-21(23)5)32(22(6)14-12-19(2)3)27(34)24(18-37)31-28(35)36-29(7,8)9/h13,15,17,19,22,24-25,37H,10-12,14,16,18H2,1-9H3,(H,30,33)(H,31,35). The van der Waals surface area contributed by atoms with Crippen molar-refractivity contribution in [2.24, 2.45) is 5.92 Å². The van der Waals surface area contributed by atoms with Crippen LogP contribution in [0.15, 0.2) is 18.2 Å². The Bertz CT molecular complexity index is 898. The number of nitrogens with one attached hydrogen (secondary N) is 2. The van der Waals surface area contributed by atoms with E-state index in [-0.39, 0.29) is 23.6 Å². The molecule has 1 aromatic carbocycles. The number of rotatable bonds is 13. The fourth-order valence-corrected chi connectivity index (χ4v) is 4.41. The van der Waals surface area contributed by atoms with Crippen molar-refractivity contribution >= 4 is 30.5 Å². The molecule has 0 aliphatic carbocycles. The van der Waals surface area contributed by atoms with E-state index in [1.165, 1.54) is 0 Å². The summed E-state index contributed by atoms with van der Waals surface area (Å²) < 4.78 is 5.40. The molecular weight excluding hydrogens is 486 g/mol. The molecule has 0 spiro atoms. The number of hydrogen-bond acceptors (Lipinski definition) is 5. The number of nitrogens with zero attached hydrogens (tertiary/aromatic N) is 1. The molecule has 1 aromatic rings. The van der Waals surface area contributed by atoms with Crippen molar-refractivity contribution in [3.8, 4) is 0 Å². The Morgan fingerprint density at radius 3 is 2.24 bits per heavy atom. The first-order chi connectivity index (χ1) is 17.2. The summed E-state index contributed by atoms with van der Waals surface area (Å²) in [5.74, 6) is -0.0614. The van der Waals surface area contributed by atoms with Crippen LogP contribution in [0.1, 0.15) is 96.9 Å². The van der Waals surface area contributed by atoms with Crippen molar-refractivity contribution in [3.05, 3.63) is 34.9 Å². The van der Waals surface area contributed by atoms with Crippen LogP contribution in [0.2, 0.25) is 0 Å². The first kappa shape index (κ1) is 32.8. The van der Waals surface area contributed by atoms with Crippen LogP contribution >= 0.6 is 12.6 Å². The molecule has 0 aromatic heterocycles. The third-order valence-corrected chi connectivity index (χ3v) is 6.50. The topological polar surface area (TPSA) is 87.7 Å². The van der Waals surface area contributed by atoms with Crippen molar-refractivity contribution in [2.45, 2.75) is 112 Å². The normalized spacial score (nSPS) is 14.0. The third kappa shape index (κ3) is 11.0. The van der Waals surface area contributed by atoms with Gasteiger partial charge in [0, 0.05) is 18.3 Å². The van der Waals surface area contributed by atoms with Gasteiger partial charge in [0.1, 0.15) is 17.7 Å². The molecule has 0 radical (unpaired) electrons. The van der Waals surface area contributed by atoms with Gasteiger partial charge < -0.3 is 20.3 Å². The van der Waals surface area contributed by atoms with Crippen LogP contribution < -0.4 is 10.6 Å². The number of ether oxygens (including phenoxy) is 1. The van der Waals surface area contributed by atoms with Gasteiger partial charge in [-0.3, -0.25) is 9.59 Å². The summed E-state index contributed by atoms with van der Waals surface area (Å²) >= 11 is 4.38. The van der Waals surface area contributed by atoms with Crippen LogP contribution in [0.25, 0.3) is 0 Å². The second-order valence-electron chi connectivity index (χ2n) is 11.4. The lowest BCUT2D eigenvalue weighted by Crippen LogP contribution is -2.56. The van der Waals surface area contributed by atoms with Gasteiger partial charge in [0.15, 0.2) is 0 Å². The molecule has 3 unspecified atom stereocenters. The molecule has 0 fully saturated rings. The average Bonchev–Trinajstić information content (AvgIpc) is 2.78. The molecule has 0 bridgehead atoms. The lowest BCUT2D eigenvalue weighted by atomic mass is 9.94. The number of hydrogen-bond donors (Lipinski definition) is 3. The maximum atomic E-state index is 14.1. The summed E-state index contributed by atoms with van der Waals surface area (Å²) in [6.45, 7) is 18.1. The highest BCUT2D eigenvalue weighted by Gasteiger charge is 2.39. The van der Waals surface area contributed by atoms with Crippen molar-refractivity contribution < 1.29 is 19.1 Å². The molecular formula is C29H49N3O4S. The maximum absolute atomic E-state index is 14.1. The van der Waals surface area contributed by atoms with Gasteiger partial charge in [0.25, 0.3) is 0 Å². The monoisotopic (exact) mass is 535 g/mol. The molecule has 1 rings (SSSR count). The number of benzene rings is 1. The van der Waals surface area contributed by atoms with E-state index in [1.54, 1.807) is 25.7 Å². The number of amides is 3. The number of carbonyl (C=O) groups is 3. The van der Waals surface area contributed by atoms with Crippen molar-refractivity contribution in [2.75, 3.05) is 12.3 Å². The summed E-state index contributed by atoms with van der Waals surface area (Å²) in [4.78, 5) is 42.1. The van der Waals surface area contributed by atoms with E-state index in [2.05, 4.69) is 44.0 Å². The van der Waals surface area contributed by atoms with E-state index >= 15 is 0 Å². The molecule has 7 nitrogen and oxygen atoms in total. The molecule has 0 saturated carbocycles. The molecule has 8 heteroatoms. The minimum Gasteiger partial charge on any atom is -0.444 e. The number of thiol groups is 1. The zero-order chi connectivity index (χ0) is 28.3. The van der Waals surface area contributed by atoms with Crippen molar-refractivity contribution in [1.29, 1.82) is 0 Å². The van der Waals surface area contributed by atoms with Gasteiger partial charge in [-0.1, -0.05) is 51.0 Å². The predicted octanol–water partition coefficient (Wildman–Crippen LogP) is 5.74. The van der Waals surface area contributed by atoms with Gasteiger partial charge >= 0.3 is 6.09 Å². The number of carbonyl (C=O) groups excluding carboxylic acids is 3. The second-order valence-corrected chi connectivity index (χ2v) is 11.7. The van der Waals surface area contributed by atoms with E-state index in [1.807, 2.05) is 39.0 Å². The maximum Gasteiger partial charge on any atom is 0.408 e. The molecule has 2 N–H and O–H groups in total. The van der Waals surface area contributed by atoms with E-state index in [0.717, 1.165) is 42.4 Å². The van der Waals surface area contributed by atoms with E-state index in [9.17, 15) is 14.4 Å². The molecule has 3 amide bonds. The predicted molar refractivity (Wildman–Crippen MR) is 154 cm³/mol. The fraction of sp³-hybridized carbons (Fsp3) is 0.690. The lowest BCUT2D eigenvalue weighted by molar-refractivity contribution is -0.144. The zero-order valence-corrected chi connectivity index (χ0v) is 25.2. The Balaban J connectivity index is 3.55. The smallest absolute Gasteiger partial charge is 0.408 e. The van der Waals surface area contributed by atoms with Crippen molar-refractivity contribution in [1.82, 2.24) is 15.5 Å². The minimum absolute atomic E-state index is 0.0720. The average molecular weight is 536 g/mol. The van der Waals surface area contributed by atoms with E-state index in [0.29, 0.717) is 12.5 Å². The highest BCUT2D eigenvalue weighted by molar-refractivity contribution is 7.80. The third-order valence-electron chi connectivity index (χ3n) is 6.14. The van der Waals surface area contributed by atoms with Gasteiger partial charge in [0.2, 0.25) is 11.8 Å². The van der Waals surface area contributed by atoms with Gasteiger partial charge in [-0.2, -0.15) is 12.6 Å². The highest BCUT2D eigenvalue weighted by atomic mass is 32.1. The minimum atomic E-state index is -0.948. The molecule has 0 aliphatic rings. The summed E-state index contributed by atoms with van der Waals surface area (Å²) in [5.41, 5.74) is 2.09. The van der Waals surface area contributed by atoms with Crippen LogP contribution in [0, 0.1) is 19.8 Å². The number of aryl methyl sites for hydroxylation is 2. The molecule has 3 atom stereocenters. The quantitative estimate of drug-likeness (QED) is 0.222. The van der Waals surface area contributed by atoms with Gasteiger partial charge in [-0.15, -0.1) is 0 Å². The summed E-state index contributed by atoms with van der Waals surface area (Å²) in [5, 5.41) is 5.73. The van der Waals surface area contributed by atoms with Gasteiger partial charge in [0.05, 0.1) is 0 Å². The zero-order valence-electron chi connectivity index (χ0n) is 24.3. The largest absolute Gasteiger partial charge is 0.444 e. The summed E-state index contributed by atoms with van der Waals surface area (Å²) in [6.07, 6.45) is 2.72. The molecule has 0 saturated heterocycles. The Labute approximate surface area is 229 Å². The molecule has 0 heterocycles. The van der Waals surface area contributed by atoms with Crippen LogP contribution in [0.4, 0.5) is 4.79 Å².